The molecule has 5 aromatic rings. The van der Waals surface area contributed by atoms with Crippen molar-refractivity contribution < 1.29 is 9.47 Å². The minimum atomic E-state index is 0.684. The zero-order valence-electron chi connectivity index (χ0n) is 19.3. The third-order valence-electron chi connectivity index (χ3n) is 5.87. The van der Waals surface area contributed by atoms with E-state index in [0.717, 1.165) is 11.5 Å². The van der Waals surface area contributed by atoms with Crippen molar-refractivity contribution in [3.8, 4) is 54.6 Å². The largest absolute Gasteiger partial charge is 0.497 e. The van der Waals surface area contributed by atoms with Crippen molar-refractivity contribution in [3.63, 3.8) is 0 Å². The summed E-state index contributed by atoms with van der Waals surface area (Å²) in [6.45, 7) is 2.68. The van der Waals surface area contributed by atoms with Crippen molar-refractivity contribution in [2.75, 3.05) is 13.7 Å². The smallest absolute Gasteiger partial charge is 0.119 e. The number of thiophene rings is 1. The molecule has 0 amide bonds. The van der Waals surface area contributed by atoms with E-state index in [4.69, 9.17) is 9.47 Å². The number of benzene rings is 4. The highest BCUT2D eigenvalue weighted by Gasteiger charge is 2.07. The van der Waals surface area contributed by atoms with Crippen molar-refractivity contribution in [3.05, 3.63) is 109 Å². The lowest BCUT2D eigenvalue weighted by Gasteiger charge is -2.06. The number of ether oxygens (including phenoxy) is 2. The lowest BCUT2D eigenvalue weighted by Crippen LogP contribution is -1.90. The fourth-order valence-electron chi connectivity index (χ4n) is 4.00. The van der Waals surface area contributed by atoms with Gasteiger partial charge in [-0.2, -0.15) is 0 Å². The molecule has 0 atom stereocenters. The zero-order chi connectivity index (χ0) is 23.3. The first-order chi connectivity index (χ1) is 16.7. The molecule has 0 aliphatic rings. The lowest BCUT2D eigenvalue weighted by molar-refractivity contribution is 0.340. The van der Waals surface area contributed by atoms with Gasteiger partial charge < -0.3 is 9.47 Å². The molecule has 0 aliphatic carbocycles. The van der Waals surface area contributed by atoms with Crippen LogP contribution >= 0.6 is 11.3 Å². The molecule has 0 saturated heterocycles. The molecule has 0 spiro atoms. The molecule has 0 unspecified atom stereocenters. The van der Waals surface area contributed by atoms with Gasteiger partial charge in [-0.05, 0) is 76.7 Å². The predicted octanol–water partition coefficient (Wildman–Crippen LogP) is 8.82. The molecule has 0 radical (unpaired) electrons. The van der Waals surface area contributed by atoms with Crippen LogP contribution < -0.4 is 9.47 Å². The van der Waals surface area contributed by atoms with Gasteiger partial charge in [0.1, 0.15) is 11.5 Å². The summed E-state index contributed by atoms with van der Waals surface area (Å²) in [7, 11) is 1.69. The van der Waals surface area contributed by atoms with Crippen LogP contribution in [-0.4, -0.2) is 13.7 Å². The molecule has 1 aromatic heterocycles. The van der Waals surface area contributed by atoms with Crippen molar-refractivity contribution in [1.29, 1.82) is 0 Å². The van der Waals surface area contributed by atoms with Gasteiger partial charge in [0.25, 0.3) is 0 Å². The molecule has 34 heavy (non-hydrogen) atoms. The van der Waals surface area contributed by atoms with Crippen LogP contribution in [0.25, 0.3) is 43.1 Å². The van der Waals surface area contributed by atoms with Crippen LogP contribution in [0.2, 0.25) is 0 Å². The predicted molar refractivity (Wildman–Crippen MR) is 144 cm³/mol. The van der Waals surface area contributed by atoms with Gasteiger partial charge in [0, 0.05) is 9.75 Å². The van der Waals surface area contributed by atoms with Gasteiger partial charge >= 0.3 is 0 Å². The molecule has 0 aliphatic heterocycles. The van der Waals surface area contributed by atoms with E-state index >= 15 is 0 Å². The summed E-state index contributed by atoms with van der Waals surface area (Å²) in [6, 6.07) is 38.4. The Kier molecular flexibility index (Phi) is 6.46. The molecule has 1 heterocycles. The summed E-state index contributed by atoms with van der Waals surface area (Å²) in [5.41, 5.74) is 7.26. The minimum absolute atomic E-state index is 0.684. The second kappa shape index (κ2) is 9.98. The molecule has 5 rings (SSSR count). The summed E-state index contributed by atoms with van der Waals surface area (Å²) in [5.74, 6) is 1.78. The number of hydrogen-bond acceptors (Lipinski definition) is 3. The van der Waals surface area contributed by atoms with Crippen LogP contribution in [0.5, 0.6) is 11.5 Å². The summed E-state index contributed by atoms with van der Waals surface area (Å²) in [6.07, 6.45) is 0. The second-order valence-corrected chi connectivity index (χ2v) is 9.09. The minimum Gasteiger partial charge on any atom is -0.497 e. The van der Waals surface area contributed by atoms with Crippen molar-refractivity contribution in [2.24, 2.45) is 0 Å². The first-order valence-electron chi connectivity index (χ1n) is 11.4. The number of rotatable bonds is 7. The Hall–Kier alpha value is -3.82. The van der Waals surface area contributed by atoms with Gasteiger partial charge in [-0.15, -0.1) is 11.3 Å². The van der Waals surface area contributed by atoms with E-state index in [0.29, 0.717) is 6.61 Å². The lowest BCUT2D eigenvalue weighted by atomic mass is 10.0. The average Bonchev–Trinajstić information content (AvgIpc) is 3.40. The first-order valence-corrected chi connectivity index (χ1v) is 12.2. The van der Waals surface area contributed by atoms with Crippen molar-refractivity contribution >= 4 is 11.3 Å². The van der Waals surface area contributed by atoms with Crippen LogP contribution in [0.15, 0.2) is 109 Å². The Morgan fingerprint density at radius 1 is 0.471 bits per heavy atom. The third-order valence-corrected chi connectivity index (χ3v) is 7.05. The van der Waals surface area contributed by atoms with Gasteiger partial charge in [-0.3, -0.25) is 0 Å². The van der Waals surface area contributed by atoms with Crippen LogP contribution in [0, 0.1) is 0 Å². The highest BCUT2D eigenvalue weighted by atomic mass is 32.1. The maximum Gasteiger partial charge on any atom is 0.119 e. The average molecular weight is 463 g/mol. The molecule has 0 N–H and O–H groups in total. The Bertz CT molecular complexity index is 1350. The van der Waals surface area contributed by atoms with E-state index in [1.54, 1.807) is 7.11 Å². The van der Waals surface area contributed by atoms with Gasteiger partial charge in [-0.1, -0.05) is 72.8 Å². The Labute approximate surface area is 205 Å². The van der Waals surface area contributed by atoms with Gasteiger partial charge in [-0.25, -0.2) is 0 Å². The van der Waals surface area contributed by atoms with Crippen molar-refractivity contribution in [1.82, 2.24) is 0 Å². The van der Waals surface area contributed by atoms with E-state index in [2.05, 4.69) is 84.9 Å². The SMILES string of the molecule is CCOc1ccc(-c2ccc(-c3ccc(-c4ccc(-c5ccc(OC)cc5)cc4)s3)cc2)cc1. The monoisotopic (exact) mass is 462 g/mol. The van der Waals surface area contributed by atoms with E-state index in [1.807, 2.05) is 42.5 Å². The number of hydrogen-bond donors (Lipinski definition) is 0. The highest BCUT2D eigenvalue weighted by Crippen LogP contribution is 2.36. The molecule has 2 nitrogen and oxygen atoms in total. The summed E-state index contributed by atoms with van der Waals surface area (Å²) < 4.78 is 10.8. The molecular formula is C31H26O2S. The Morgan fingerprint density at radius 2 is 0.824 bits per heavy atom. The van der Waals surface area contributed by atoms with Crippen LogP contribution in [0.4, 0.5) is 0 Å². The van der Waals surface area contributed by atoms with Gasteiger partial charge in [0.2, 0.25) is 0 Å². The summed E-state index contributed by atoms with van der Waals surface area (Å²) >= 11 is 1.82. The van der Waals surface area contributed by atoms with E-state index < -0.39 is 0 Å². The summed E-state index contributed by atoms with van der Waals surface area (Å²) in [4.78, 5) is 2.54. The molecule has 0 saturated carbocycles. The van der Waals surface area contributed by atoms with Crippen LogP contribution in [-0.2, 0) is 0 Å². The van der Waals surface area contributed by atoms with Crippen LogP contribution in [0.1, 0.15) is 6.92 Å². The molecule has 3 heteroatoms. The molecule has 4 aromatic carbocycles. The quantitative estimate of drug-likeness (QED) is 0.240. The third kappa shape index (κ3) is 4.75. The maximum absolute atomic E-state index is 5.55. The van der Waals surface area contributed by atoms with Crippen LogP contribution in [0.3, 0.4) is 0 Å². The zero-order valence-corrected chi connectivity index (χ0v) is 20.1. The molecule has 0 fully saturated rings. The van der Waals surface area contributed by atoms with Gasteiger partial charge in [0.05, 0.1) is 13.7 Å². The standard InChI is InChI=1S/C31H26O2S/c1-3-33-29-18-14-25(15-19-29)23-6-10-27(11-7-23)31-21-20-30(34-31)26-8-4-22(5-9-26)24-12-16-28(32-2)17-13-24/h4-21H,3H2,1-2H3. The maximum atomic E-state index is 5.55. The van der Waals surface area contributed by atoms with E-state index in [9.17, 15) is 0 Å². The fraction of sp³-hybridized carbons (Fsp3) is 0.0968. The fourth-order valence-corrected chi connectivity index (χ4v) is 5.01. The normalized spacial score (nSPS) is 10.8. The second-order valence-electron chi connectivity index (χ2n) is 8.00. The Morgan fingerprint density at radius 3 is 1.21 bits per heavy atom. The first kappa shape index (κ1) is 22.0. The molecule has 0 bridgehead atoms. The van der Waals surface area contributed by atoms with Crippen molar-refractivity contribution in [2.45, 2.75) is 6.92 Å². The summed E-state index contributed by atoms with van der Waals surface area (Å²) in [5, 5.41) is 0. The molecular weight excluding hydrogens is 436 g/mol. The highest BCUT2D eigenvalue weighted by molar-refractivity contribution is 7.18. The topological polar surface area (TPSA) is 18.5 Å². The molecule has 168 valence electrons. The van der Waals surface area contributed by atoms with E-state index in [1.165, 1.54) is 43.1 Å². The van der Waals surface area contributed by atoms with E-state index in [-0.39, 0.29) is 0 Å². The number of methoxy groups -OCH3 is 1. The Balaban J connectivity index is 1.31. The van der Waals surface area contributed by atoms with Gasteiger partial charge in [0.15, 0.2) is 0 Å².